The van der Waals surface area contributed by atoms with Crippen molar-refractivity contribution in [1.29, 1.82) is 0 Å². The van der Waals surface area contributed by atoms with Crippen LogP contribution in [0.15, 0.2) is 46.9 Å². The van der Waals surface area contributed by atoms with E-state index < -0.39 is 10.0 Å². The minimum atomic E-state index is -3.34. The molecule has 2 aromatic carbocycles. The third-order valence-electron chi connectivity index (χ3n) is 3.26. The predicted octanol–water partition coefficient (Wildman–Crippen LogP) is 3.04. The summed E-state index contributed by atoms with van der Waals surface area (Å²) in [4.78, 5) is 12.5. The summed E-state index contributed by atoms with van der Waals surface area (Å²) in [5.41, 5.74) is 2.81. The van der Waals surface area contributed by atoms with Crippen molar-refractivity contribution >= 4 is 31.7 Å². The van der Waals surface area contributed by atoms with E-state index in [1.807, 2.05) is 19.1 Å². The first-order chi connectivity index (χ1) is 10.3. The number of aryl methyl sites for hydroxylation is 1. The van der Waals surface area contributed by atoms with E-state index in [9.17, 15) is 13.2 Å². The number of hydrogen-bond acceptors (Lipinski definition) is 3. The van der Waals surface area contributed by atoms with E-state index in [0.29, 0.717) is 21.2 Å². The smallest absolute Gasteiger partial charge is 0.215 e. The van der Waals surface area contributed by atoms with Gasteiger partial charge in [-0.05, 0) is 31.7 Å². The molecule has 0 atom stereocenters. The number of sulfonamides is 1. The molecule has 22 heavy (non-hydrogen) atoms. The Morgan fingerprint density at radius 2 is 1.77 bits per heavy atom. The van der Waals surface area contributed by atoms with E-state index in [0.717, 1.165) is 5.56 Å². The first-order valence-electron chi connectivity index (χ1n) is 6.63. The van der Waals surface area contributed by atoms with E-state index in [-0.39, 0.29) is 11.5 Å². The molecular formula is C16H16BrNO3S. The van der Waals surface area contributed by atoms with E-state index in [2.05, 4.69) is 20.7 Å². The SMILES string of the molecule is CNS(=O)(=O)Cc1ccc(C(=O)c2ccc(C)cc2)c(Br)c1. The molecule has 0 saturated heterocycles. The molecule has 0 aliphatic rings. The number of carbonyl (C=O) groups is 1. The lowest BCUT2D eigenvalue weighted by Gasteiger charge is -2.08. The number of benzene rings is 2. The van der Waals surface area contributed by atoms with Crippen LogP contribution >= 0.6 is 15.9 Å². The lowest BCUT2D eigenvalue weighted by Crippen LogP contribution is -2.20. The maximum atomic E-state index is 12.5. The molecule has 0 spiro atoms. The van der Waals surface area contributed by atoms with E-state index in [1.165, 1.54) is 7.05 Å². The number of rotatable bonds is 5. The van der Waals surface area contributed by atoms with Gasteiger partial charge in [-0.1, -0.05) is 51.8 Å². The highest BCUT2D eigenvalue weighted by Crippen LogP contribution is 2.23. The first kappa shape index (κ1) is 16.9. The summed E-state index contributed by atoms with van der Waals surface area (Å²) in [5, 5.41) is 0. The maximum Gasteiger partial charge on any atom is 0.215 e. The molecule has 0 aliphatic heterocycles. The largest absolute Gasteiger partial charge is 0.289 e. The van der Waals surface area contributed by atoms with Gasteiger partial charge in [0.1, 0.15) is 0 Å². The van der Waals surface area contributed by atoms with Gasteiger partial charge < -0.3 is 0 Å². The molecule has 4 nitrogen and oxygen atoms in total. The van der Waals surface area contributed by atoms with Gasteiger partial charge in [0.05, 0.1) is 5.75 Å². The van der Waals surface area contributed by atoms with Gasteiger partial charge in [0, 0.05) is 15.6 Å². The van der Waals surface area contributed by atoms with Crippen LogP contribution in [0.2, 0.25) is 0 Å². The van der Waals surface area contributed by atoms with Gasteiger partial charge in [0.15, 0.2) is 5.78 Å². The van der Waals surface area contributed by atoms with E-state index >= 15 is 0 Å². The molecule has 0 unspecified atom stereocenters. The number of hydrogen-bond donors (Lipinski definition) is 1. The molecule has 1 N–H and O–H groups in total. The Balaban J connectivity index is 2.30. The molecular weight excluding hydrogens is 366 g/mol. The Morgan fingerprint density at radius 3 is 2.32 bits per heavy atom. The Bertz CT molecular complexity index is 799. The second kappa shape index (κ2) is 6.73. The summed E-state index contributed by atoms with van der Waals surface area (Å²) in [7, 11) is -1.96. The van der Waals surface area contributed by atoms with Crippen LogP contribution in [0.5, 0.6) is 0 Å². The highest BCUT2D eigenvalue weighted by molar-refractivity contribution is 9.10. The molecule has 0 fully saturated rings. The Morgan fingerprint density at radius 1 is 1.14 bits per heavy atom. The third kappa shape index (κ3) is 4.03. The summed E-state index contributed by atoms with van der Waals surface area (Å²) in [6.45, 7) is 1.96. The normalized spacial score (nSPS) is 11.4. The van der Waals surface area contributed by atoms with Gasteiger partial charge in [0.25, 0.3) is 0 Å². The van der Waals surface area contributed by atoms with Crippen LogP contribution in [-0.2, 0) is 15.8 Å². The minimum Gasteiger partial charge on any atom is -0.289 e. The molecule has 0 amide bonds. The van der Waals surface area contributed by atoms with E-state index in [4.69, 9.17) is 0 Å². The van der Waals surface area contributed by atoms with Gasteiger partial charge in [-0.25, -0.2) is 13.1 Å². The van der Waals surface area contributed by atoms with Gasteiger partial charge in [-0.2, -0.15) is 0 Å². The fourth-order valence-electron chi connectivity index (χ4n) is 1.98. The lowest BCUT2D eigenvalue weighted by molar-refractivity contribution is 0.103. The van der Waals surface area contributed by atoms with Crippen molar-refractivity contribution in [2.75, 3.05) is 7.05 Å². The monoisotopic (exact) mass is 381 g/mol. The number of halogens is 1. The summed E-state index contributed by atoms with van der Waals surface area (Å²) in [6.07, 6.45) is 0. The number of carbonyl (C=O) groups excluding carboxylic acids is 1. The van der Waals surface area contributed by atoms with E-state index in [1.54, 1.807) is 30.3 Å². The van der Waals surface area contributed by atoms with Crippen LogP contribution in [-0.4, -0.2) is 21.2 Å². The van der Waals surface area contributed by atoms with Crippen LogP contribution in [0.25, 0.3) is 0 Å². The van der Waals surface area contributed by atoms with Crippen molar-refractivity contribution in [3.63, 3.8) is 0 Å². The highest BCUT2D eigenvalue weighted by Gasteiger charge is 2.15. The highest BCUT2D eigenvalue weighted by atomic mass is 79.9. The zero-order valence-electron chi connectivity index (χ0n) is 12.3. The van der Waals surface area contributed by atoms with Gasteiger partial charge in [0.2, 0.25) is 10.0 Å². The molecule has 116 valence electrons. The average Bonchev–Trinajstić information content (AvgIpc) is 2.47. The van der Waals surface area contributed by atoms with Crippen molar-refractivity contribution in [1.82, 2.24) is 4.72 Å². The van der Waals surface area contributed by atoms with Crippen molar-refractivity contribution in [2.24, 2.45) is 0 Å². The van der Waals surface area contributed by atoms with Crippen LogP contribution in [0.3, 0.4) is 0 Å². The Kier molecular flexibility index (Phi) is 5.16. The molecule has 2 rings (SSSR count). The molecule has 6 heteroatoms. The third-order valence-corrected chi connectivity index (χ3v) is 5.25. The fourth-order valence-corrected chi connectivity index (χ4v) is 3.35. The Labute approximate surface area is 138 Å². The summed E-state index contributed by atoms with van der Waals surface area (Å²) in [5.74, 6) is -0.226. The second-order valence-corrected chi connectivity index (χ2v) is 7.75. The second-order valence-electron chi connectivity index (χ2n) is 4.97. The van der Waals surface area contributed by atoms with Gasteiger partial charge in [-0.3, -0.25) is 4.79 Å². The standard InChI is InChI=1S/C16H16BrNO3S/c1-11-3-6-13(7-4-11)16(19)14-8-5-12(9-15(14)17)10-22(20,21)18-2/h3-9,18H,10H2,1-2H3. The topological polar surface area (TPSA) is 63.2 Å². The quantitative estimate of drug-likeness (QED) is 0.809. The zero-order valence-corrected chi connectivity index (χ0v) is 14.7. The summed E-state index contributed by atoms with van der Waals surface area (Å²) >= 11 is 3.35. The molecule has 0 bridgehead atoms. The first-order valence-corrected chi connectivity index (χ1v) is 9.08. The van der Waals surface area contributed by atoms with Crippen molar-refractivity contribution in [3.8, 4) is 0 Å². The molecule has 0 saturated carbocycles. The summed E-state index contributed by atoms with van der Waals surface area (Å²) in [6, 6.07) is 12.3. The van der Waals surface area contributed by atoms with Crippen LogP contribution in [0.1, 0.15) is 27.0 Å². The van der Waals surface area contributed by atoms with Crippen LogP contribution in [0, 0.1) is 6.92 Å². The summed E-state index contributed by atoms with van der Waals surface area (Å²) < 4.78 is 26.0. The lowest BCUT2D eigenvalue weighted by atomic mass is 10.0. The van der Waals surface area contributed by atoms with Crippen molar-refractivity contribution < 1.29 is 13.2 Å². The Hall–Kier alpha value is -1.50. The van der Waals surface area contributed by atoms with Crippen molar-refractivity contribution in [2.45, 2.75) is 12.7 Å². The molecule has 2 aromatic rings. The number of nitrogens with one attached hydrogen (secondary N) is 1. The average molecular weight is 382 g/mol. The van der Waals surface area contributed by atoms with Gasteiger partial charge >= 0.3 is 0 Å². The van der Waals surface area contributed by atoms with Crippen LogP contribution < -0.4 is 4.72 Å². The maximum absolute atomic E-state index is 12.5. The zero-order chi connectivity index (χ0) is 16.3. The molecule has 0 aromatic heterocycles. The van der Waals surface area contributed by atoms with Gasteiger partial charge in [-0.15, -0.1) is 0 Å². The molecule has 0 radical (unpaired) electrons. The van der Waals surface area contributed by atoms with Crippen molar-refractivity contribution in [3.05, 3.63) is 69.2 Å². The van der Waals surface area contributed by atoms with Crippen LogP contribution in [0.4, 0.5) is 0 Å². The fraction of sp³-hybridized carbons (Fsp3) is 0.188. The predicted molar refractivity (Wildman–Crippen MR) is 90.4 cm³/mol. The number of ketones is 1. The molecule has 0 aliphatic carbocycles. The molecule has 0 heterocycles. The minimum absolute atomic E-state index is 0.102.